The Hall–Kier alpha value is -7.23. The molecule has 2 aromatic heterocycles. The number of aromatic nitrogens is 1. The molecule has 264 valence electrons. The van der Waals surface area contributed by atoms with Crippen molar-refractivity contribution in [3.8, 4) is 33.7 Å². The number of rotatable bonds is 7. The number of para-hydroxylation sites is 1. The van der Waals surface area contributed by atoms with Crippen LogP contribution in [0.5, 0.6) is 0 Å². The van der Waals surface area contributed by atoms with Crippen molar-refractivity contribution >= 4 is 54.6 Å². The highest BCUT2D eigenvalue weighted by Crippen LogP contribution is 2.43. The van der Waals surface area contributed by atoms with E-state index in [1.165, 1.54) is 54.9 Å². The van der Waals surface area contributed by atoms with Gasteiger partial charge in [-0.25, -0.2) is 4.98 Å². The van der Waals surface area contributed by atoms with E-state index >= 15 is 0 Å². The first kappa shape index (κ1) is 32.2. The van der Waals surface area contributed by atoms with Crippen LogP contribution in [0, 0.1) is 0 Å². The van der Waals surface area contributed by atoms with Crippen LogP contribution in [0.15, 0.2) is 203 Å². The molecule has 0 N–H and O–H groups in total. The first-order chi connectivity index (χ1) is 27.7. The second kappa shape index (κ2) is 13.3. The van der Waals surface area contributed by atoms with Crippen LogP contribution in [0.1, 0.15) is 22.6 Å². The monoisotopic (exact) mass is 717 g/mol. The van der Waals surface area contributed by atoms with E-state index in [0.29, 0.717) is 5.89 Å². The third-order valence-electron chi connectivity index (χ3n) is 11.3. The Labute approximate surface area is 324 Å². The minimum atomic E-state index is -0.0557. The molecule has 2 heterocycles. The fourth-order valence-electron chi connectivity index (χ4n) is 8.59. The van der Waals surface area contributed by atoms with Gasteiger partial charge in [0.25, 0.3) is 0 Å². The molecular weight excluding hydrogens is 683 g/mol. The van der Waals surface area contributed by atoms with Gasteiger partial charge in [-0.1, -0.05) is 164 Å². The lowest BCUT2D eigenvalue weighted by Crippen LogP contribution is -2.07. The second-order valence-electron chi connectivity index (χ2n) is 14.6. The Morgan fingerprint density at radius 2 is 1.11 bits per heavy atom. The van der Waals surface area contributed by atoms with E-state index in [1.807, 2.05) is 36.4 Å². The van der Waals surface area contributed by atoms with Gasteiger partial charge in [0.05, 0.1) is 5.39 Å². The molecule has 0 saturated carbocycles. The van der Waals surface area contributed by atoms with Crippen LogP contribution >= 0.6 is 0 Å². The third kappa shape index (κ3) is 5.48. The first-order valence-electron chi connectivity index (χ1n) is 19.2. The maximum absolute atomic E-state index is 6.76. The van der Waals surface area contributed by atoms with Crippen LogP contribution in [0.25, 0.3) is 88.3 Å². The molecule has 0 aliphatic heterocycles. The van der Waals surface area contributed by atoms with Gasteiger partial charge in [-0.2, -0.15) is 0 Å². The van der Waals surface area contributed by atoms with Crippen molar-refractivity contribution < 1.29 is 8.83 Å². The van der Waals surface area contributed by atoms with Gasteiger partial charge in [0.2, 0.25) is 5.89 Å². The van der Waals surface area contributed by atoms with E-state index in [4.69, 9.17) is 13.8 Å². The highest BCUT2D eigenvalue weighted by molar-refractivity contribution is 6.17. The minimum absolute atomic E-state index is 0.0557. The van der Waals surface area contributed by atoms with Gasteiger partial charge in [0, 0.05) is 16.9 Å². The number of hydrogen-bond acceptors (Lipinski definition) is 3. The summed E-state index contributed by atoms with van der Waals surface area (Å²) in [5.74, 6) is 0.545. The molecule has 0 amide bonds. The van der Waals surface area contributed by atoms with Crippen molar-refractivity contribution in [2.45, 2.75) is 12.3 Å². The smallest absolute Gasteiger partial charge is 0.227 e. The molecule has 0 aliphatic rings. The van der Waals surface area contributed by atoms with E-state index in [1.54, 1.807) is 0 Å². The van der Waals surface area contributed by atoms with E-state index in [2.05, 4.69) is 158 Å². The predicted octanol–water partition coefficient (Wildman–Crippen LogP) is 14.4. The van der Waals surface area contributed by atoms with Gasteiger partial charge >= 0.3 is 0 Å². The molecular formula is C53H35NO2. The molecule has 0 aliphatic carbocycles. The van der Waals surface area contributed by atoms with Crippen LogP contribution in [-0.2, 0) is 6.42 Å². The van der Waals surface area contributed by atoms with Crippen LogP contribution in [0.4, 0.5) is 0 Å². The third-order valence-corrected chi connectivity index (χ3v) is 11.3. The van der Waals surface area contributed by atoms with Crippen molar-refractivity contribution in [3.63, 3.8) is 0 Å². The lowest BCUT2D eigenvalue weighted by molar-refractivity contribution is 0.622. The van der Waals surface area contributed by atoms with Gasteiger partial charge in [-0.15, -0.1) is 0 Å². The van der Waals surface area contributed by atoms with Crippen LogP contribution in [0.2, 0.25) is 0 Å². The molecule has 0 bridgehead atoms. The van der Waals surface area contributed by atoms with Gasteiger partial charge in [0.1, 0.15) is 16.7 Å². The standard InChI is InChI=1S/C53H35NO2/c1-3-14-35(15-4-1)38-19-13-20-39(31-38)45(30-34-26-28-36(29-27-34)46-32-40-18-7-8-21-41(40)42-22-9-10-23-43(42)46)47-33-49-50(44-24-11-12-25-48(44)55-49)52-51(47)54-53(56-52)37-16-5-2-6-17-37/h1-29,31-33,45H,30H2. The molecule has 56 heavy (non-hydrogen) atoms. The minimum Gasteiger partial charge on any atom is -0.456 e. The Morgan fingerprint density at radius 1 is 0.446 bits per heavy atom. The normalized spacial score (nSPS) is 12.3. The molecule has 0 saturated heterocycles. The van der Waals surface area contributed by atoms with Crippen molar-refractivity contribution in [2.24, 2.45) is 0 Å². The summed E-state index contributed by atoms with van der Waals surface area (Å²) in [4.78, 5) is 5.29. The average Bonchev–Trinajstić information content (AvgIpc) is 3.88. The Morgan fingerprint density at radius 3 is 1.91 bits per heavy atom. The van der Waals surface area contributed by atoms with Gasteiger partial charge in [-0.3, -0.25) is 0 Å². The largest absolute Gasteiger partial charge is 0.456 e. The van der Waals surface area contributed by atoms with Gasteiger partial charge in [-0.05, 0) is 97.2 Å². The SMILES string of the molecule is c1ccc(-c2cccc(C(Cc3ccc(-c4cc5ccccc5c5ccccc45)cc3)c3cc4oc5ccccc5c4c4oc(-c5ccccc5)nc34)c2)cc1. The second-order valence-corrected chi connectivity index (χ2v) is 14.6. The van der Waals surface area contributed by atoms with Crippen molar-refractivity contribution in [1.82, 2.24) is 4.98 Å². The topological polar surface area (TPSA) is 39.2 Å². The van der Waals surface area contributed by atoms with Gasteiger partial charge in [0.15, 0.2) is 5.58 Å². The number of benzene rings is 9. The number of nitrogens with zero attached hydrogens (tertiary/aromatic N) is 1. The highest BCUT2D eigenvalue weighted by atomic mass is 16.4. The number of fused-ring (bicyclic) bond motifs is 8. The predicted molar refractivity (Wildman–Crippen MR) is 231 cm³/mol. The number of furan rings is 1. The van der Waals surface area contributed by atoms with Crippen LogP contribution < -0.4 is 0 Å². The summed E-state index contributed by atoms with van der Waals surface area (Å²) in [5.41, 5.74) is 12.5. The number of oxazole rings is 1. The summed E-state index contributed by atoms with van der Waals surface area (Å²) in [7, 11) is 0. The summed E-state index contributed by atoms with van der Waals surface area (Å²) in [5, 5.41) is 7.04. The molecule has 9 aromatic carbocycles. The molecule has 11 aromatic rings. The molecule has 1 atom stereocenters. The average molecular weight is 718 g/mol. The zero-order valence-corrected chi connectivity index (χ0v) is 30.5. The summed E-state index contributed by atoms with van der Waals surface area (Å²) in [6.07, 6.45) is 0.755. The fourth-order valence-corrected chi connectivity index (χ4v) is 8.59. The lowest BCUT2D eigenvalue weighted by atomic mass is 9.83. The lowest BCUT2D eigenvalue weighted by Gasteiger charge is -2.20. The van der Waals surface area contributed by atoms with E-state index in [0.717, 1.165) is 50.6 Å². The molecule has 1 unspecified atom stereocenters. The van der Waals surface area contributed by atoms with Crippen molar-refractivity contribution in [1.29, 1.82) is 0 Å². The fraction of sp³-hybridized carbons (Fsp3) is 0.0377. The Bertz CT molecular complexity index is 3210. The molecule has 0 spiro atoms. The van der Waals surface area contributed by atoms with E-state index < -0.39 is 0 Å². The summed E-state index contributed by atoms with van der Waals surface area (Å²) in [6.45, 7) is 0. The molecule has 3 heteroatoms. The van der Waals surface area contributed by atoms with Crippen LogP contribution in [0.3, 0.4) is 0 Å². The summed E-state index contributed by atoms with van der Waals surface area (Å²) < 4.78 is 13.4. The van der Waals surface area contributed by atoms with Crippen molar-refractivity contribution in [3.05, 3.63) is 211 Å². The summed E-state index contributed by atoms with van der Waals surface area (Å²) >= 11 is 0. The molecule has 0 radical (unpaired) electrons. The zero-order chi connectivity index (χ0) is 37.0. The molecule has 11 rings (SSSR count). The van der Waals surface area contributed by atoms with Crippen LogP contribution in [-0.4, -0.2) is 4.98 Å². The highest BCUT2D eigenvalue weighted by Gasteiger charge is 2.26. The Balaban J connectivity index is 1.09. The molecule has 3 nitrogen and oxygen atoms in total. The van der Waals surface area contributed by atoms with Crippen molar-refractivity contribution in [2.75, 3.05) is 0 Å². The first-order valence-corrected chi connectivity index (χ1v) is 19.2. The Kier molecular flexibility index (Phi) is 7.63. The van der Waals surface area contributed by atoms with E-state index in [9.17, 15) is 0 Å². The maximum Gasteiger partial charge on any atom is 0.227 e. The zero-order valence-electron chi connectivity index (χ0n) is 30.5. The van der Waals surface area contributed by atoms with Gasteiger partial charge < -0.3 is 8.83 Å². The number of hydrogen-bond donors (Lipinski definition) is 0. The molecule has 0 fully saturated rings. The quantitative estimate of drug-likeness (QED) is 0.154. The van der Waals surface area contributed by atoms with E-state index in [-0.39, 0.29) is 5.92 Å². The maximum atomic E-state index is 6.76. The summed E-state index contributed by atoms with van der Waals surface area (Å²) in [6, 6.07) is 69.0.